The Morgan fingerprint density at radius 3 is 2.30 bits per heavy atom. The first-order chi connectivity index (χ1) is 26.4. The second kappa shape index (κ2) is 19.0. The van der Waals surface area contributed by atoms with Gasteiger partial charge in [-0.25, -0.2) is 4.98 Å². The van der Waals surface area contributed by atoms with E-state index in [1.807, 2.05) is 85.1 Å². The van der Waals surface area contributed by atoms with Crippen molar-refractivity contribution in [2.45, 2.75) is 79.7 Å². The molecule has 0 saturated heterocycles. The van der Waals surface area contributed by atoms with Crippen molar-refractivity contribution in [3.63, 3.8) is 0 Å². The Balaban J connectivity index is 1.41. The zero-order valence-electron chi connectivity index (χ0n) is 30.1. The molecule has 0 bridgehead atoms. The van der Waals surface area contributed by atoms with Crippen molar-refractivity contribution in [2.75, 3.05) is 13.1 Å². The minimum atomic E-state index is -0.954. The van der Waals surface area contributed by atoms with Crippen LogP contribution in [0.5, 0.6) is 0 Å². The molecule has 0 aliphatic carbocycles. The summed E-state index contributed by atoms with van der Waals surface area (Å²) in [6.07, 6.45) is 6.53. The molecule has 11 nitrogen and oxygen atoms in total. The summed E-state index contributed by atoms with van der Waals surface area (Å²) >= 11 is 8.66. The molecule has 54 heavy (non-hydrogen) atoms. The molecule has 3 aromatic carbocycles. The lowest BCUT2D eigenvalue weighted by Crippen LogP contribution is -2.56. The van der Waals surface area contributed by atoms with Gasteiger partial charge in [-0.3, -0.25) is 14.4 Å². The van der Waals surface area contributed by atoms with Gasteiger partial charge in [-0.05, 0) is 79.6 Å². The van der Waals surface area contributed by atoms with Crippen LogP contribution in [0, 0.1) is 0 Å². The number of benzene rings is 3. The number of aromatic amines is 1. The number of pyridine rings is 1. The van der Waals surface area contributed by atoms with Crippen LogP contribution in [0.4, 0.5) is 0 Å². The number of para-hydroxylation sites is 1. The highest BCUT2D eigenvalue weighted by molar-refractivity contribution is 7.99. The molecule has 3 heterocycles. The summed E-state index contributed by atoms with van der Waals surface area (Å²) in [6, 6.07) is 23.0. The molecule has 282 valence electrons. The minimum Gasteiger partial charge on any atom is -0.361 e. The predicted molar refractivity (Wildman–Crippen MR) is 215 cm³/mol. The quantitative estimate of drug-likeness (QED) is 0.0948. The highest BCUT2D eigenvalue weighted by atomic mass is 35.5. The Kier molecular flexibility index (Phi) is 13.7. The average Bonchev–Trinajstić information content (AvgIpc) is 3.60. The fourth-order valence-electron chi connectivity index (χ4n) is 6.66. The van der Waals surface area contributed by atoms with E-state index in [1.54, 1.807) is 6.20 Å². The number of fused-ring (bicyclic) bond motifs is 3. The maximum Gasteiger partial charge on any atom is 0.243 e. The van der Waals surface area contributed by atoms with E-state index in [9.17, 15) is 14.4 Å². The third kappa shape index (κ3) is 9.68. The number of carbonyl (C=O) groups is 3. The van der Waals surface area contributed by atoms with Gasteiger partial charge in [0, 0.05) is 53.3 Å². The first kappa shape index (κ1) is 39.0. The molecule has 2 aromatic heterocycles. The Morgan fingerprint density at radius 2 is 1.48 bits per heavy atom. The number of aromatic nitrogens is 2. The number of halogens is 1. The van der Waals surface area contributed by atoms with Gasteiger partial charge in [-0.1, -0.05) is 90.1 Å². The SMILES string of the molecule is NCCCC[C@@H]1NC(=O)[C@H](CCCN)NCc2cccnc2Sc2c(ccc(-c3ccccc3)c2Cl)CNC(=O)[C@H](Cc2c[nH]c3ccccc23)NC1=O. The van der Waals surface area contributed by atoms with Crippen LogP contribution in [-0.2, 0) is 33.9 Å². The van der Waals surface area contributed by atoms with Crippen molar-refractivity contribution >= 4 is 52.0 Å². The minimum absolute atomic E-state index is 0.147. The number of unbranched alkanes of at least 4 members (excludes halogenated alkanes) is 1. The summed E-state index contributed by atoms with van der Waals surface area (Å²) in [6.45, 7) is 1.34. The molecule has 3 amide bonds. The number of amides is 3. The standard InChI is InChI=1S/C41H47ClN8O3S/c42-36-31(26-10-2-1-3-11-26)18-17-27-23-48-38(51)35(22-29-25-46-32-14-5-4-13-30(29)32)50-40(53)34(15-6-7-19-43)49-39(52)33(16-8-20-44)47-24-28-12-9-21-45-41(28)54-37(27)36/h1-5,9-14,17-18,21,25,33-35,46-47H,6-8,15-16,19-20,22-24,43-44H2,(H,48,51)(H,49,52)(H,50,53)/t33-,34-,35-/m0/s1. The van der Waals surface area contributed by atoms with Crippen LogP contribution in [0.25, 0.3) is 22.0 Å². The van der Waals surface area contributed by atoms with E-state index in [2.05, 4.69) is 26.3 Å². The van der Waals surface area contributed by atoms with Crippen molar-refractivity contribution in [2.24, 2.45) is 11.5 Å². The molecule has 3 atom stereocenters. The summed E-state index contributed by atoms with van der Waals surface area (Å²) in [7, 11) is 0. The summed E-state index contributed by atoms with van der Waals surface area (Å²) in [5.41, 5.74) is 16.9. The molecule has 0 unspecified atom stereocenters. The van der Waals surface area contributed by atoms with Crippen molar-refractivity contribution in [3.05, 3.63) is 113 Å². The predicted octanol–water partition coefficient (Wildman–Crippen LogP) is 5.20. The molecule has 1 aliphatic heterocycles. The van der Waals surface area contributed by atoms with Gasteiger partial charge in [0.2, 0.25) is 17.7 Å². The van der Waals surface area contributed by atoms with Gasteiger partial charge >= 0.3 is 0 Å². The second-order valence-corrected chi connectivity index (χ2v) is 14.8. The monoisotopic (exact) mass is 766 g/mol. The summed E-state index contributed by atoms with van der Waals surface area (Å²) in [5, 5.41) is 14.7. The highest BCUT2D eigenvalue weighted by Gasteiger charge is 2.30. The number of H-pyrrole nitrogens is 1. The van der Waals surface area contributed by atoms with Gasteiger partial charge in [0.25, 0.3) is 0 Å². The van der Waals surface area contributed by atoms with Crippen LogP contribution >= 0.6 is 23.4 Å². The van der Waals surface area contributed by atoms with Gasteiger partial charge in [0.15, 0.2) is 0 Å². The van der Waals surface area contributed by atoms with Crippen molar-refractivity contribution in [1.82, 2.24) is 31.2 Å². The van der Waals surface area contributed by atoms with E-state index < -0.39 is 24.0 Å². The lowest BCUT2D eigenvalue weighted by molar-refractivity contribution is -0.132. The molecule has 0 fully saturated rings. The zero-order chi connectivity index (χ0) is 37.9. The van der Waals surface area contributed by atoms with Gasteiger partial charge in [-0.15, -0.1) is 0 Å². The lowest BCUT2D eigenvalue weighted by Gasteiger charge is -2.25. The fraction of sp³-hybridized carbons (Fsp3) is 0.317. The number of hydrogen-bond acceptors (Lipinski definition) is 8. The Hall–Kier alpha value is -4.72. The molecule has 13 heteroatoms. The maximum atomic E-state index is 14.2. The van der Waals surface area contributed by atoms with Crippen LogP contribution < -0.4 is 32.7 Å². The number of hydrogen-bond donors (Lipinski definition) is 7. The molecular formula is C41H47ClN8O3S. The molecule has 0 spiro atoms. The van der Waals surface area contributed by atoms with Gasteiger partial charge < -0.3 is 37.7 Å². The summed E-state index contributed by atoms with van der Waals surface area (Å²) in [5.74, 6) is -1.13. The number of rotatable bonds is 10. The lowest BCUT2D eigenvalue weighted by atomic mass is 10.0. The molecule has 6 rings (SSSR count). The van der Waals surface area contributed by atoms with Crippen LogP contribution in [0.3, 0.4) is 0 Å². The topological polar surface area (TPSA) is 180 Å². The van der Waals surface area contributed by atoms with Crippen molar-refractivity contribution in [1.29, 1.82) is 0 Å². The Morgan fingerprint density at radius 1 is 0.741 bits per heavy atom. The van der Waals surface area contributed by atoms with Crippen LogP contribution in [0.2, 0.25) is 5.02 Å². The highest BCUT2D eigenvalue weighted by Crippen LogP contribution is 2.42. The van der Waals surface area contributed by atoms with E-state index in [0.717, 1.165) is 43.6 Å². The van der Waals surface area contributed by atoms with E-state index in [0.29, 0.717) is 61.8 Å². The molecule has 1 aliphatic rings. The number of nitrogens with zero attached hydrogens (tertiary/aromatic N) is 1. The first-order valence-electron chi connectivity index (χ1n) is 18.4. The first-order valence-corrected chi connectivity index (χ1v) is 19.6. The normalized spacial score (nSPS) is 18.6. The smallest absolute Gasteiger partial charge is 0.243 e. The third-order valence-corrected chi connectivity index (χ3v) is 11.4. The summed E-state index contributed by atoms with van der Waals surface area (Å²) < 4.78 is 0. The number of carbonyl (C=O) groups excluding carboxylic acids is 3. The van der Waals surface area contributed by atoms with Crippen molar-refractivity contribution < 1.29 is 14.4 Å². The zero-order valence-corrected chi connectivity index (χ0v) is 31.6. The van der Waals surface area contributed by atoms with E-state index in [1.165, 1.54) is 11.8 Å². The van der Waals surface area contributed by atoms with Gasteiger partial charge in [0.05, 0.1) is 11.1 Å². The van der Waals surface area contributed by atoms with E-state index in [-0.39, 0.29) is 24.8 Å². The van der Waals surface area contributed by atoms with Gasteiger partial charge in [-0.2, -0.15) is 0 Å². The summed E-state index contributed by atoms with van der Waals surface area (Å²) in [4.78, 5) is 51.1. The molecule has 5 aromatic rings. The molecule has 0 radical (unpaired) electrons. The van der Waals surface area contributed by atoms with E-state index in [4.69, 9.17) is 28.1 Å². The number of nitrogens with two attached hydrogens (primary N) is 2. The van der Waals surface area contributed by atoms with Crippen LogP contribution in [-0.4, -0.2) is 58.9 Å². The third-order valence-electron chi connectivity index (χ3n) is 9.63. The molecule has 0 saturated carbocycles. The van der Waals surface area contributed by atoms with Crippen LogP contribution in [0.15, 0.2) is 101 Å². The average molecular weight is 767 g/mol. The molecular weight excluding hydrogens is 720 g/mol. The largest absolute Gasteiger partial charge is 0.361 e. The van der Waals surface area contributed by atoms with Crippen LogP contribution in [0.1, 0.15) is 48.8 Å². The Bertz CT molecular complexity index is 2060. The maximum absolute atomic E-state index is 14.2. The Labute approximate surface area is 324 Å². The number of nitrogens with one attached hydrogen (secondary N) is 5. The second-order valence-electron chi connectivity index (χ2n) is 13.4. The van der Waals surface area contributed by atoms with Gasteiger partial charge in [0.1, 0.15) is 17.1 Å². The van der Waals surface area contributed by atoms with Crippen molar-refractivity contribution in [3.8, 4) is 11.1 Å². The van der Waals surface area contributed by atoms with E-state index >= 15 is 0 Å². The fourth-order valence-corrected chi connectivity index (χ4v) is 8.11. The molecule has 9 N–H and O–H groups in total.